The minimum absolute atomic E-state index is 0.00579. The lowest BCUT2D eigenvalue weighted by Gasteiger charge is -2.19. The number of hydrogen-bond donors (Lipinski definition) is 0. The predicted octanol–water partition coefficient (Wildman–Crippen LogP) is 5.25. The SMILES string of the molecule is Cc1cc(-c2nnc(N(CC3CC3)C(=O)c3ccc(F)cc3Cl)s2)cc(C)c1OCC=O. The zero-order chi connectivity index (χ0) is 22.8. The fraction of sp³-hybridized carbons (Fsp3) is 0.304. The molecule has 1 saturated carbocycles. The van der Waals surface area contributed by atoms with Crippen LogP contribution < -0.4 is 9.64 Å². The molecule has 0 spiro atoms. The summed E-state index contributed by atoms with van der Waals surface area (Å²) in [6.07, 6.45) is 2.81. The Balaban J connectivity index is 1.65. The Morgan fingerprint density at radius 2 is 1.97 bits per heavy atom. The van der Waals surface area contributed by atoms with Crippen molar-refractivity contribution < 1.29 is 18.7 Å². The third kappa shape index (κ3) is 4.81. The number of carbonyl (C=O) groups excluding carboxylic acids is 2. The number of amides is 1. The molecule has 9 heteroatoms. The van der Waals surface area contributed by atoms with Gasteiger partial charge in [-0.1, -0.05) is 22.9 Å². The second kappa shape index (κ2) is 9.34. The minimum Gasteiger partial charge on any atom is -0.486 e. The first-order chi connectivity index (χ1) is 15.4. The highest BCUT2D eigenvalue weighted by atomic mass is 35.5. The van der Waals surface area contributed by atoms with E-state index in [2.05, 4.69) is 10.2 Å². The molecular weight excluding hydrogens is 453 g/mol. The summed E-state index contributed by atoms with van der Waals surface area (Å²) in [7, 11) is 0. The summed E-state index contributed by atoms with van der Waals surface area (Å²) in [5.74, 6) is 0.255. The van der Waals surface area contributed by atoms with Gasteiger partial charge in [0.25, 0.3) is 5.91 Å². The zero-order valence-electron chi connectivity index (χ0n) is 17.6. The van der Waals surface area contributed by atoms with Crippen LogP contribution in [-0.4, -0.2) is 35.5 Å². The van der Waals surface area contributed by atoms with Crippen LogP contribution in [0.25, 0.3) is 10.6 Å². The largest absolute Gasteiger partial charge is 0.486 e. The first kappa shape index (κ1) is 22.4. The van der Waals surface area contributed by atoms with Crippen LogP contribution in [0.2, 0.25) is 5.02 Å². The molecule has 0 aliphatic heterocycles. The molecule has 2 aromatic carbocycles. The number of anilines is 1. The Kier molecular flexibility index (Phi) is 6.53. The molecule has 32 heavy (non-hydrogen) atoms. The number of carbonyl (C=O) groups is 2. The Hall–Kier alpha value is -2.84. The molecule has 1 heterocycles. The van der Waals surface area contributed by atoms with E-state index in [1.165, 1.54) is 23.5 Å². The van der Waals surface area contributed by atoms with Crippen molar-refractivity contribution in [3.8, 4) is 16.3 Å². The van der Waals surface area contributed by atoms with Crippen molar-refractivity contribution in [2.24, 2.45) is 5.92 Å². The van der Waals surface area contributed by atoms with Crippen molar-refractivity contribution in [3.63, 3.8) is 0 Å². The van der Waals surface area contributed by atoms with Crippen LogP contribution in [0.4, 0.5) is 9.52 Å². The number of nitrogens with zero attached hydrogens (tertiary/aromatic N) is 3. The molecular formula is C23H21ClFN3O3S. The van der Waals surface area contributed by atoms with E-state index in [1.807, 2.05) is 26.0 Å². The maximum absolute atomic E-state index is 13.5. The van der Waals surface area contributed by atoms with Crippen LogP contribution >= 0.6 is 22.9 Å². The molecule has 0 unspecified atom stereocenters. The van der Waals surface area contributed by atoms with Crippen LogP contribution in [0, 0.1) is 25.6 Å². The van der Waals surface area contributed by atoms with Crippen LogP contribution in [0.15, 0.2) is 30.3 Å². The lowest BCUT2D eigenvalue weighted by Crippen LogP contribution is -2.33. The third-order valence-corrected chi connectivity index (χ3v) is 6.50. The number of halogens is 2. The average Bonchev–Trinajstić information content (AvgIpc) is 3.44. The van der Waals surface area contributed by atoms with E-state index >= 15 is 0 Å². The number of hydrogen-bond acceptors (Lipinski definition) is 6. The van der Waals surface area contributed by atoms with Crippen LogP contribution in [0.3, 0.4) is 0 Å². The molecule has 4 rings (SSSR count). The normalized spacial score (nSPS) is 13.1. The predicted molar refractivity (Wildman–Crippen MR) is 122 cm³/mol. The van der Waals surface area contributed by atoms with Crippen LogP contribution in [-0.2, 0) is 4.79 Å². The number of aldehydes is 1. The summed E-state index contributed by atoms with van der Waals surface area (Å²) in [4.78, 5) is 25.5. The highest BCUT2D eigenvalue weighted by molar-refractivity contribution is 7.18. The molecule has 1 fully saturated rings. The topological polar surface area (TPSA) is 72.4 Å². The van der Waals surface area contributed by atoms with Gasteiger partial charge in [-0.25, -0.2) is 4.39 Å². The minimum atomic E-state index is -0.496. The maximum atomic E-state index is 13.5. The van der Waals surface area contributed by atoms with E-state index in [-0.39, 0.29) is 23.1 Å². The van der Waals surface area contributed by atoms with Gasteiger partial charge in [0, 0.05) is 12.1 Å². The van der Waals surface area contributed by atoms with E-state index < -0.39 is 5.82 Å². The first-order valence-electron chi connectivity index (χ1n) is 10.2. The summed E-state index contributed by atoms with van der Waals surface area (Å²) < 4.78 is 19.0. The van der Waals surface area contributed by atoms with Crippen molar-refractivity contribution >= 4 is 40.3 Å². The summed E-state index contributed by atoms with van der Waals surface area (Å²) in [6.45, 7) is 4.31. The monoisotopic (exact) mass is 473 g/mol. The lowest BCUT2D eigenvalue weighted by molar-refractivity contribution is -0.109. The van der Waals surface area contributed by atoms with Crippen molar-refractivity contribution in [2.75, 3.05) is 18.1 Å². The van der Waals surface area contributed by atoms with Gasteiger partial charge in [0.1, 0.15) is 23.2 Å². The zero-order valence-corrected chi connectivity index (χ0v) is 19.2. The number of aryl methyl sites for hydroxylation is 2. The van der Waals surface area contributed by atoms with Gasteiger partial charge >= 0.3 is 0 Å². The molecule has 1 aromatic heterocycles. The summed E-state index contributed by atoms with van der Waals surface area (Å²) >= 11 is 7.45. The molecule has 6 nitrogen and oxygen atoms in total. The molecule has 166 valence electrons. The summed E-state index contributed by atoms with van der Waals surface area (Å²) in [5, 5.41) is 9.78. The van der Waals surface area contributed by atoms with Crippen LogP contribution in [0.1, 0.15) is 34.3 Å². The van der Waals surface area contributed by atoms with Crippen molar-refractivity contribution in [1.29, 1.82) is 0 Å². The molecule has 1 aliphatic rings. The Labute approximate surface area is 194 Å². The van der Waals surface area contributed by atoms with Gasteiger partial charge in [0.15, 0.2) is 6.29 Å². The van der Waals surface area contributed by atoms with Crippen molar-refractivity contribution in [1.82, 2.24) is 10.2 Å². The van der Waals surface area contributed by atoms with Crippen molar-refractivity contribution in [2.45, 2.75) is 26.7 Å². The molecule has 0 atom stereocenters. The molecule has 3 aromatic rings. The molecule has 0 saturated heterocycles. The number of ether oxygens (including phenoxy) is 1. The number of aromatic nitrogens is 2. The smallest absolute Gasteiger partial charge is 0.261 e. The molecule has 0 bridgehead atoms. The standard InChI is InChI=1S/C23H21ClFN3O3S/c1-13-9-16(10-14(2)20(13)31-8-7-29)21-26-27-23(32-21)28(12-15-3-4-15)22(30)18-6-5-17(25)11-19(18)24/h5-7,9-11,15H,3-4,8,12H2,1-2H3. The third-order valence-electron chi connectivity index (χ3n) is 5.19. The second-order valence-electron chi connectivity index (χ2n) is 7.79. The van der Waals surface area contributed by atoms with Gasteiger partial charge in [0.05, 0.1) is 10.6 Å². The average molecular weight is 474 g/mol. The summed E-state index contributed by atoms with van der Waals surface area (Å²) in [5.41, 5.74) is 2.83. The van der Waals surface area contributed by atoms with Gasteiger partial charge in [0.2, 0.25) is 5.13 Å². The van der Waals surface area contributed by atoms with Gasteiger partial charge in [-0.3, -0.25) is 14.5 Å². The van der Waals surface area contributed by atoms with E-state index in [4.69, 9.17) is 16.3 Å². The van der Waals surface area contributed by atoms with Gasteiger partial charge in [-0.05, 0) is 74.1 Å². The highest BCUT2D eigenvalue weighted by Gasteiger charge is 2.31. The van der Waals surface area contributed by atoms with Gasteiger partial charge < -0.3 is 4.74 Å². The quantitative estimate of drug-likeness (QED) is 0.418. The van der Waals surface area contributed by atoms with E-state index in [1.54, 1.807) is 4.90 Å². The van der Waals surface area contributed by atoms with Crippen LogP contribution in [0.5, 0.6) is 5.75 Å². The Bertz CT molecular complexity index is 1160. The highest BCUT2D eigenvalue weighted by Crippen LogP contribution is 2.37. The maximum Gasteiger partial charge on any atom is 0.261 e. The van der Waals surface area contributed by atoms with Crippen molar-refractivity contribution in [3.05, 3.63) is 57.9 Å². The second-order valence-corrected chi connectivity index (χ2v) is 9.15. The Morgan fingerprint density at radius 3 is 2.59 bits per heavy atom. The fourth-order valence-electron chi connectivity index (χ4n) is 3.47. The van der Waals surface area contributed by atoms with E-state index in [0.717, 1.165) is 35.6 Å². The molecule has 0 N–H and O–H groups in total. The molecule has 0 radical (unpaired) electrons. The number of rotatable bonds is 8. The number of benzene rings is 2. The van der Waals surface area contributed by atoms with Gasteiger partial charge in [-0.2, -0.15) is 0 Å². The summed E-state index contributed by atoms with van der Waals surface area (Å²) in [6, 6.07) is 7.59. The molecule has 1 amide bonds. The lowest BCUT2D eigenvalue weighted by atomic mass is 10.1. The molecule has 1 aliphatic carbocycles. The Morgan fingerprint density at radius 1 is 1.25 bits per heavy atom. The van der Waals surface area contributed by atoms with E-state index in [9.17, 15) is 14.0 Å². The van der Waals surface area contributed by atoms with E-state index in [0.29, 0.717) is 34.6 Å². The fourth-order valence-corrected chi connectivity index (χ4v) is 4.56. The first-order valence-corrected chi connectivity index (χ1v) is 11.3. The van der Waals surface area contributed by atoms with Gasteiger partial charge in [-0.15, -0.1) is 10.2 Å².